The molecule has 0 bridgehead atoms. The highest BCUT2D eigenvalue weighted by Gasteiger charge is 2.26. The third-order valence-corrected chi connectivity index (χ3v) is 4.69. The fourth-order valence-corrected chi connectivity index (χ4v) is 3.31. The number of halogens is 1. The number of rotatable bonds is 6. The molecule has 1 aliphatic rings. The number of benzene rings is 1. The largest absolute Gasteiger partial charge is 0.340 e. The number of nitrogens with zero attached hydrogens (tertiary/aromatic N) is 5. The van der Waals surface area contributed by atoms with Gasteiger partial charge in [-0.25, -0.2) is 9.37 Å². The van der Waals surface area contributed by atoms with Gasteiger partial charge in [-0.2, -0.15) is 5.10 Å². The lowest BCUT2D eigenvalue weighted by Crippen LogP contribution is -2.47. The van der Waals surface area contributed by atoms with Crippen molar-refractivity contribution in [1.29, 1.82) is 0 Å². The van der Waals surface area contributed by atoms with Gasteiger partial charge in [-0.15, -0.1) is 0 Å². The summed E-state index contributed by atoms with van der Waals surface area (Å²) in [5.74, 6) is -0.225. The molecule has 134 valence electrons. The Bertz CT molecular complexity index is 691. The summed E-state index contributed by atoms with van der Waals surface area (Å²) in [7, 11) is 1.77. The normalized spacial score (nSPS) is 18.2. The van der Waals surface area contributed by atoms with Gasteiger partial charge < -0.3 is 4.90 Å². The van der Waals surface area contributed by atoms with Crippen molar-refractivity contribution in [3.8, 4) is 0 Å². The van der Waals surface area contributed by atoms with Crippen LogP contribution in [0.1, 0.15) is 24.8 Å². The Hall–Kier alpha value is -2.28. The Labute approximate surface area is 147 Å². The van der Waals surface area contributed by atoms with Crippen LogP contribution in [0, 0.1) is 5.82 Å². The molecule has 1 aliphatic heterocycles. The number of carbonyl (C=O) groups excluding carboxylic acids is 1. The number of aromatic nitrogens is 3. The highest BCUT2D eigenvalue weighted by atomic mass is 19.1. The Morgan fingerprint density at radius 1 is 1.40 bits per heavy atom. The van der Waals surface area contributed by atoms with Crippen LogP contribution in [-0.4, -0.2) is 56.7 Å². The van der Waals surface area contributed by atoms with Gasteiger partial charge in [0.1, 0.15) is 18.5 Å². The van der Waals surface area contributed by atoms with Crippen LogP contribution in [0.5, 0.6) is 0 Å². The molecular weight excluding hydrogens is 321 g/mol. The van der Waals surface area contributed by atoms with Crippen LogP contribution in [0.25, 0.3) is 0 Å². The van der Waals surface area contributed by atoms with Crippen LogP contribution in [0.2, 0.25) is 0 Å². The van der Waals surface area contributed by atoms with Crippen molar-refractivity contribution in [1.82, 2.24) is 24.6 Å². The minimum absolute atomic E-state index is 0.0507. The van der Waals surface area contributed by atoms with Gasteiger partial charge in [0.2, 0.25) is 5.91 Å². The third kappa shape index (κ3) is 4.85. The molecule has 0 aliphatic carbocycles. The topological polar surface area (TPSA) is 54.3 Å². The number of likely N-dealkylation sites (tertiary alicyclic amines) is 1. The van der Waals surface area contributed by atoms with E-state index in [1.54, 1.807) is 24.3 Å². The molecule has 3 rings (SSSR count). The van der Waals surface area contributed by atoms with Crippen molar-refractivity contribution in [2.45, 2.75) is 38.4 Å². The van der Waals surface area contributed by atoms with Crippen molar-refractivity contribution >= 4 is 5.91 Å². The molecule has 0 radical (unpaired) electrons. The van der Waals surface area contributed by atoms with Gasteiger partial charge >= 0.3 is 0 Å². The van der Waals surface area contributed by atoms with Gasteiger partial charge in [0, 0.05) is 19.6 Å². The molecule has 25 heavy (non-hydrogen) atoms. The molecule has 0 unspecified atom stereocenters. The van der Waals surface area contributed by atoms with E-state index in [1.165, 1.54) is 24.9 Å². The van der Waals surface area contributed by atoms with Crippen LogP contribution in [0.4, 0.5) is 4.39 Å². The minimum Gasteiger partial charge on any atom is -0.340 e. The van der Waals surface area contributed by atoms with E-state index >= 15 is 0 Å². The monoisotopic (exact) mass is 345 g/mol. The molecule has 1 saturated heterocycles. The fourth-order valence-electron chi connectivity index (χ4n) is 3.31. The summed E-state index contributed by atoms with van der Waals surface area (Å²) in [5, 5.41) is 4.17. The maximum Gasteiger partial charge on any atom is 0.236 e. The lowest BCUT2D eigenvalue weighted by molar-refractivity contribution is -0.132. The number of carbonyl (C=O) groups is 1. The number of hydrogen-bond donors (Lipinski definition) is 0. The van der Waals surface area contributed by atoms with E-state index in [0.29, 0.717) is 19.1 Å². The Morgan fingerprint density at radius 2 is 2.28 bits per heavy atom. The van der Waals surface area contributed by atoms with E-state index in [2.05, 4.69) is 15.0 Å². The Morgan fingerprint density at radius 3 is 3.04 bits per heavy atom. The second kappa shape index (κ2) is 8.20. The first-order valence-electron chi connectivity index (χ1n) is 8.66. The summed E-state index contributed by atoms with van der Waals surface area (Å²) in [5.41, 5.74) is 0.800. The number of amides is 1. The van der Waals surface area contributed by atoms with E-state index in [-0.39, 0.29) is 11.7 Å². The molecule has 1 amide bonds. The van der Waals surface area contributed by atoms with Gasteiger partial charge in [0.05, 0.1) is 13.1 Å². The van der Waals surface area contributed by atoms with Gasteiger partial charge in [0.15, 0.2) is 0 Å². The number of piperidine rings is 1. The van der Waals surface area contributed by atoms with Gasteiger partial charge in [0.25, 0.3) is 0 Å². The predicted molar refractivity (Wildman–Crippen MR) is 92.1 cm³/mol. The van der Waals surface area contributed by atoms with Crippen LogP contribution in [0.3, 0.4) is 0 Å². The average molecular weight is 345 g/mol. The van der Waals surface area contributed by atoms with Gasteiger partial charge in [-0.1, -0.05) is 18.6 Å². The molecule has 0 N–H and O–H groups in total. The van der Waals surface area contributed by atoms with Crippen molar-refractivity contribution in [2.75, 3.05) is 20.1 Å². The van der Waals surface area contributed by atoms with E-state index < -0.39 is 0 Å². The molecule has 0 saturated carbocycles. The van der Waals surface area contributed by atoms with E-state index in [1.807, 2.05) is 10.7 Å². The van der Waals surface area contributed by atoms with Crippen LogP contribution >= 0.6 is 0 Å². The minimum atomic E-state index is -0.276. The lowest BCUT2D eigenvalue weighted by atomic mass is 10.0. The SMILES string of the molecule is CN(Cc1cccc(F)c1)C(=O)CN1CCCC[C@H]1Cn1cncn1. The maximum absolute atomic E-state index is 13.3. The fraction of sp³-hybridized carbons (Fsp3) is 0.500. The van der Waals surface area contributed by atoms with Gasteiger partial charge in [-0.3, -0.25) is 14.4 Å². The first-order valence-corrected chi connectivity index (χ1v) is 8.66. The molecule has 1 atom stereocenters. The summed E-state index contributed by atoms with van der Waals surface area (Å²) in [6, 6.07) is 6.68. The van der Waals surface area contributed by atoms with Crippen molar-refractivity contribution in [2.24, 2.45) is 0 Å². The lowest BCUT2D eigenvalue weighted by Gasteiger charge is -2.36. The molecule has 6 nitrogen and oxygen atoms in total. The van der Waals surface area contributed by atoms with Crippen LogP contribution < -0.4 is 0 Å². The summed E-state index contributed by atoms with van der Waals surface area (Å²) in [4.78, 5) is 20.5. The summed E-state index contributed by atoms with van der Waals surface area (Å²) >= 11 is 0. The number of likely N-dealkylation sites (N-methyl/N-ethyl adjacent to an activating group) is 1. The molecule has 1 aromatic heterocycles. The molecule has 1 fully saturated rings. The van der Waals surface area contributed by atoms with Crippen molar-refractivity contribution in [3.63, 3.8) is 0 Å². The standard InChI is InChI=1S/C18H24FN5O/c1-22(10-15-5-4-6-16(19)9-15)18(25)12-23-8-3-2-7-17(23)11-24-14-20-13-21-24/h4-6,9,13-14,17H,2-3,7-8,10-12H2,1H3/t17-/m0/s1. The van der Waals surface area contributed by atoms with E-state index in [0.717, 1.165) is 31.5 Å². The molecule has 7 heteroatoms. The van der Waals surface area contributed by atoms with E-state index in [9.17, 15) is 9.18 Å². The zero-order chi connectivity index (χ0) is 17.6. The second-order valence-corrected chi connectivity index (χ2v) is 6.62. The third-order valence-electron chi connectivity index (χ3n) is 4.69. The Kier molecular flexibility index (Phi) is 5.75. The van der Waals surface area contributed by atoms with Crippen molar-refractivity contribution < 1.29 is 9.18 Å². The predicted octanol–water partition coefficient (Wildman–Crippen LogP) is 1.93. The smallest absolute Gasteiger partial charge is 0.236 e. The first-order chi connectivity index (χ1) is 12.1. The highest BCUT2D eigenvalue weighted by molar-refractivity contribution is 5.78. The average Bonchev–Trinajstić information content (AvgIpc) is 3.09. The summed E-state index contributed by atoms with van der Waals surface area (Å²) in [6.07, 6.45) is 6.58. The number of hydrogen-bond acceptors (Lipinski definition) is 4. The van der Waals surface area contributed by atoms with Crippen molar-refractivity contribution in [3.05, 3.63) is 48.3 Å². The first kappa shape index (κ1) is 17.5. The van der Waals surface area contributed by atoms with Gasteiger partial charge in [-0.05, 0) is 37.1 Å². The summed E-state index contributed by atoms with van der Waals surface area (Å²) < 4.78 is 15.1. The molecule has 1 aromatic carbocycles. The quantitative estimate of drug-likeness (QED) is 0.803. The molecule has 0 spiro atoms. The molecule has 2 heterocycles. The highest BCUT2D eigenvalue weighted by Crippen LogP contribution is 2.18. The molecular formula is C18H24FN5O. The van der Waals surface area contributed by atoms with Crippen LogP contribution in [-0.2, 0) is 17.9 Å². The van der Waals surface area contributed by atoms with Crippen LogP contribution in [0.15, 0.2) is 36.9 Å². The zero-order valence-corrected chi connectivity index (χ0v) is 14.5. The summed E-state index contributed by atoms with van der Waals surface area (Å²) in [6.45, 7) is 2.46. The maximum atomic E-state index is 13.3. The Balaban J connectivity index is 1.57. The second-order valence-electron chi connectivity index (χ2n) is 6.62. The zero-order valence-electron chi connectivity index (χ0n) is 14.5. The molecule has 2 aromatic rings. The van der Waals surface area contributed by atoms with E-state index in [4.69, 9.17) is 0 Å².